The van der Waals surface area contributed by atoms with Gasteiger partial charge in [-0.1, -0.05) is 31.9 Å². The number of rotatable bonds is 4. The molecule has 1 saturated carbocycles. The molecule has 18 heavy (non-hydrogen) atoms. The SMILES string of the molecule is CCCNC1CCCCC1c1ccc(C)c(F)c1. The number of hydrogen-bond donors (Lipinski definition) is 1. The number of benzene rings is 1. The van der Waals surface area contributed by atoms with Gasteiger partial charge in [0.25, 0.3) is 0 Å². The average Bonchev–Trinajstić information content (AvgIpc) is 2.40. The number of nitrogens with one attached hydrogen (secondary N) is 1. The molecule has 1 aromatic rings. The van der Waals surface area contributed by atoms with Crippen molar-refractivity contribution in [3.63, 3.8) is 0 Å². The Morgan fingerprint density at radius 2 is 2.06 bits per heavy atom. The molecule has 1 aliphatic carbocycles. The standard InChI is InChI=1S/C16H24FN/c1-3-10-18-16-7-5-4-6-14(16)13-9-8-12(2)15(17)11-13/h8-9,11,14,16,18H,3-7,10H2,1-2H3. The van der Waals surface area contributed by atoms with Crippen molar-refractivity contribution in [1.82, 2.24) is 5.32 Å². The second-order valence-electron chi connectivity index (χ2n) is 5.46. The molecule has 100 valence electrons. The molecule has 1 aliphatic rings. The van der Waals surface area contributed by atoms with E-state index in [9.17, 15) is 4.39 Å². The summed E-state index contributed by atoms with van der Waals surface area (Å²) in [6.07, 6.45) is 6.13. The van der Waals surface area contributed by atoms with Crippen LogP contribution in [0, 0.1) is 12.7 Å². The smallest absolute Gasteiger partial charge is 0.126 e. The van der Waals surface area contributed by atoms with Gasteiger partial charge in [0.2, 0.25) is 0 Å². The van der Waals surface area contributed by atoms with E-state index in [1.807, 2.05) is 13.0 Å². The van der Waals surface area contributed by atoms with E-state index in [0.29, 0.717) is 12.0 Å². The minimum absolute atomic E-state index is 0.0627. The van der Waals surface area contributed by atoms with Crippen molar-refractivity contribution in [3.8, 4) is 0 Å². The Hall–Kier alpha value is -0.890. The topological polar surface area (TPSA) is 12.0 Å². The maximum absolute atomic E-state index is 13.7. The highest BCUT2D eigenvalue weighted by Gasteiger charge is 2.26. The van der Waals surface area contributed by atoms with E-state index in [2.05, 4.69) is 18.3 Å². The average molecular weight is 249 g/mol. The fourth-order valence-electron chi connectivity index (χ4n) is 2.94. The van der Waals surface area contributed by atoms with Gasteiger partial charge in [0.05, 0.1) is 0 Å². The van der Waals surface area contributed by atoms with Gasteiger partial charge in [-0.2, -0.15) is 0 Å². The van der Waals surface area contributed by atoms with Crippen molar-refractivity contribution in [2.75, 3.05) is 6.54 Å². The normalized spacial score (nSPS) is 24.2. The van der Waals surface area contributed by atoms with Crippen LogP contribution in [0.2, 0.25) is 0 Å². The van der Waals surface area contributed by atoms with Gasteiger partial charge < -0.3 is 5.32 Å². The van der Waals surface area contributed by atoms with Crippen LogP contribution in [0.4, 0.5) is 4.39 Å². The quantitative estimate of drug-likeness (QED) is 0.845. The predicted molar refractivity (Wildman–Crippen MR) is 74.4 cm³/mol. The Balaban J connectivity index is 2.14. The highest BCUT2D eigenvalue weighted by molar-refractivity contribution is 5.27. The summed E-state index contributed by atoms with van der Waals surface area (Å²) in [5.74, 6) is 0.424. The summed E-state index contributed by atoms with van der Waals surface area (Å²) in [4.78, 5) is 0. The summed E-state index contributed by atoms with van der Waals surface area (Å²) in [5.41, 5.74) is 1.92. The summed E-state index contributed by atoms with van der Waals surface area (Å²) >= 11 is 0. The van der Waals surface area contributed by atoms with Crippen LogP contribution in [0.25, 0.3) is 0 Å². The summed E-state index contributed by atoms with van der Waals surface area (Å²) in [5, 5.41) is 3.63. The maximum atomic E-state index is 13.7. The molecule has 0 aliphatic heterocycles. The van der Waals surface area contributed by atoms with E-state index in [1.54, 1.807) is 6.07 Å². The second-order valence-corrected chi connectivity index (χ2v) is 5.46. The second kappa shape index (κ2) is 6.33. The molecular weight excluding hydrogens is 225 g/mol. The van der Waals surface area contributed by atoms with Crippen LogP contribution < -0.4 is 5.32 Å². The highest BCUT2D eigenvalue weighted by Crippen LogP contribution is 2.33. The largest absolute Gasteiger partial charge is 0.313 e. The van der Waals surface area contributed by atoms with Crippen molar-refractivity contribution in [2.45, 2.75) is 57.9 Å². The molecule has 2 atom stereocenters. The fourth-order valence-corrected chi connectivity index (χ4v) is 2.94. The number of aryl methyl sites for hydroxylation is 1. The van der Waals surface area contributed by atoms with Gasteiger partial charge in [-0.05, 0) is 55.8 Å². The molecule has 0 saturated heterocycles. The molecule has 1 fully saturated rings. The molecule has 0 spiro atoms. The zero-order chi connectivity index (χ0) is 13.0. The van der Waals surface area contributed by atoms with E-state index in [1.165, 1.54) is 31.2 Å². The summed E-state index contributed by atoms with van der Waals surface area (Å²) in [6, 6.07) is 6.29. The van der Waals surface area contributed by atoms with Gasteiger partial charge in [-0.15, -0.1) is 0 Å². The van der Waals surface area contributed by atoms with Gasteiger partial charge in [0.1, 0.15) is 5.82 Å². The van der Waals surface area contributed by atoms with Crippen molar-refractivity contribution in [3.05, 3.63) is 35.1 Å². The molecule has 1 N–H and O–H groups in total. The van der Waals surface area contributed by atoms with Crippen molar-refractivity contribution in [2.24, 2.45) is 0 Å². The molecule has 2 heteroatoms. The van der Waals surface area contributed by atoms with Crippen molar-refractivity contribution >= 4 is 0 Å². The first-order valence-corrected chi connectivity index (χ1v) is 7.21. The van der Waals surface area contributed by atoms with Gasteiger partial charge >= 0.3 is 0 Å². The minimum atomic E-state index is -0.0627. The van der Waals surface area contributed by atoms with E-state index >= 15 is 0 Å². The first-order chi connectivity index (χ1) is 8.72. The minimum Gasteiger partial charge on any atom is -0.313 e. The van der Waals surface area contributed by atoms with Gasteiger partial charge in [-0.3, -0.25) is 0 Å². The molecular formula is C16H24FN. The molecule has 1 aromatic carbocycles. The van der Waals surface area contributed by atoms with Crippen LogP contribution in [0.15, 0.2) is 18.2 Å². The molecule has 1 nitrogen and oxygen atoms in total. The van der Waals surface area contributed by atoms with Crippen LogP contribution in [0.3, 0.4) is 0 Å². The third-order valence-electron chi connectivity index (χ3n) is 4.05. The first-order valence-electron chi connectivity index (χ1n) is 7.21. The highest BCUT2D eigenvalue weighted by atomic mass is 19.1. The summed E-state index contributed by atoms with van der Waals surface area (Å²) in [7, 11) is 0. The zero-order valence-electron chi connectivity index (χ0n) is 11.5. The third-order valence-corrected chi connectivity index (χ3v) is 4.05. The fraction of sp³-hybridized carbons (Fsp3) is 0.625. The predicted octanol–water partition coefficient (Wildman–Crippen LogP) is 4.16. The van der Waals surface area contributed by atoms with E-state index in [0.717, 1.165) is 18.5 Å². The lowest BCUT2D eigenvalue weighted by atomic mass is 9.79. The van der Waals surface area contributed by atoms with E-state index < -0.39 is 0 Å². The molecule has 0 amide bonds. The Bertz CT molecular complexity index is 389. The van der Waals surface area contributed by atoms with Crippen LogP contribution in [0.1, 0.15) is 56.1 Å². The van der Waals surface area contributed by atoms with Crippen molar-refractivity contribution in [1.29, 1.82) is 0 Å². The van der Waals surface area contributed by atoms with Crippen LogP contribution >= 0.6 is 0 Å². The third kappa shape index (κ3) is 3.11. The Labute approximate surface area is 110 Å². The molecule has 0 radical (unpaired) electrons. The van der Waals surface area contributed by atoms with E-state index in [4.69, 9.17) is 0 Å². The van der Waals surface area contributed by atoms with E-state index in [-0.39, 0.29) is 5.82 Å². The molecule has 2 unspecified atom stereocenters. The van der Waals surface area contributed by atoms with Crippen LogP contribution in [0.5, 0.6) is 0 Å². The van der Waals surface area contributed by atoms with Crippen molar-refractivity contribution < 1.29 is 4.39 Å². The van der Waals surface area contributed by atoms with Gasteiger partial charge in [0, 0.05) is 6.04 Å². The molecule has 0 heterocycles. The molecule has 0 bridgehead atoms. The van der Waals surface area contributed by atoms with Crippen LogP contribution in [-0.4, -0.2) is 12.6 Å². The number of hydrogen-bond acceptors (Lipinski definition) is 1. The molecule has 0 aromatic heterocycles. The first kappa shape index (κ1) is 13.5. The Morgan fingerprint density at radius 1 is 1.28 bits per heavy atom. The number of halogens is 1. The Kier molecular flexibility index (Phi) is 4.76. The molecule has 2 rings (SSSR count). The summed E-state index contributed by atoms with van der Waals surface area (Å²) < 4.78 is 13.7. The zero-order valence-corrected chi connectivity index (χ0v) is 11.5. The summed E-state index contributed by atoms with van der Waals surface area (Å²) in [6.45, 7) is 5.08. The Morgan fingerprint density at radius 3 is 2.78 bits per heavy atom. The lowest BCUT2D eigenvalue weighted by Gasteiger charge is -2.33. The van der Waals surface area contributed by atoms with Gasteiger partial charge in [0.15, 0.2) is 0 Å². The van der Waals surface area contributed by atoms with Crippen LogP contribution in [-0.2, 0) is 0 Å². The lowest BCUT2D eigenvalue weighted by molar-refractivity contribution is 0.327. The monoisotopic (exact) mass is 249 g/mol. The lowest BCUT2D eigenvalue weighted by Crippen LogP contribution is -2.37. The van der Waals surface area contributed by atoms with Gasteiger partial charge in [-0.25, -0.2) is 4.39 Å². The maximum Gasteiger partial charge on any atom is 0.126 e.